The van der Waals surface area contributed by atoms with Crippen LogP contribution >= 0.6 is 0 Å². The van der Waals surface area contributed by atoms with E-state index >= 15 is 0 Å². The molecule has 0 amide bonds. The van der Waals surface area contributed by atoms with Crippen LogP contribution < -0.4 is 5.32 Å². The predicted octanol–water partition coefficient (Wildman–Crippen LogP) is 3.22. The summed E-state index contributed by atoms with van der Waals surface area (Å²) in [5, 5.41) is 3.42. The summed E-state index contributed by atoms with van der Waals surface area (Å²) in [6.07, 6.45) is 9.58. The lowest BCUT2D eigenvalue weighted by atomic mass is 10.1. The van der Waals surface area contributed by atoms with Crippen LogP contribution in [0, 0.1) is 5.92 Å². The molecule has 0 aliphatic heterocycles. The van der Waals surface area contributed by atoms with Crippen molar-refractivity contribution in [2.45, 2.75) is 27.2 Å². The molecule has 1 heteroatoms. The van der Waals surface area contributed by atoms with Crippen molar-refractivity contribution in [3.8, 4) is 0 Å². The SMILES string of the molecule is CCC1=CC=C=C(CNCC(C)C)C=C1. The molecule has 82 valence electrons. The Bertz CT molecular complexity index is 312. The summed E-state index contributed by atoms with van der Waals surface area (Å²) in [6.45, 7) is 8.59. The third-order valence-electron chi connectivity index (χ3n) is 2.34. The molecule has 0 aromatic carbocycles. The van der Waals surface area contributed by atoms with E-state index in [4.69, 9.17) is 0 Å². The molecule has 1 aliphatic carbocycles. The molecule has 0 unspecified atom stereocenters. The van der Waals surface area contributed by atoms with Gasteiger partial charge in [0.2, 0.25) is 0 Å². The fourth-order valence-electron chi connectivity index (χ4n) is 1.41. The molecule has 1 N–H and O–H groups in total. The van der Waals surface area contributed by atoms with Crippen molar-refractivity contribution in [1.82, 2.24) is 5.32 Å². The molecule has 0 saturated carbocycles. The fourth-order valence-corrected chi connectivity index (χ4v) is 1.41. The Labute approximate surface area is 93.3 Å². The lowest BCUT2D eigenvalue weighted by molar-refractivity contribution is 0.573. The van der Waals surface area contributed by atoms with Crippen molar-refractivity contribution < 1.29 is 0 Å². The highest BCUT2D eigenvalue weighted by Gasteiger charge is 1.96. The number of allylic oxidation sites excluding steroid dienone is 3. The summed E-state index contributed by atoms with van der Waals surface area (Å²) in [7, 11) is 0. The highest BCUT2D eigenvalue weighted by Crippen LogP contribution is 2.08. The third kappa shape index (κ3) is 4.83. The van der Waals surface area contributed by atoms with Gasteiger partial charge >= 0.3 is 0 Å². The van der Waals surface area contributed by atoms with Crippen LogP contribution in [0.25, 0.3) is 0 Å². The molecule has 0 aromatic rings. The zero-order chi connectivity index (χ0) is 11.1. The van der Waals surface area contributed by atoms with Gasteiger partial charge < -0.3 is 5.32 Å². The minimum atomic E-state index is 0.702. The largest absolute Gasteiger partial charge is 0.312 e. The minimum absolute atomic E-state index is 0.702. The van der Waals surface area contributed by atoms with Crippen LogP contribution in [0.4, 0.5) is 0 Å². The maximum atomic E-state index is 3.42. The Morgan fingerprint density at radius 1 is 1.33 bits per heavy atom. The maximum Gasteiger partial charge on any atom is 0.0278 e. The predicted molar refractivity (Wildman–Crippen MR) is 66.8 cm³/mol. The van der Waals surface area contributed by atoms with Crippen LogP contribution in [0.1, 0.15) is 27.2 Å². The average molecular weight is 203 g/mol. The summed E-state index contributed by atoms with van der Waals surface area (Å²) < 4.78 is 0. The van der Waals surface area contributed by atoms with Gasteiger partial charge in [-0.05, 0) is 36.6 Å². The van der Waals surface area contributed by atoms with Gasteiger partial charge in [0, 0.05) is 12.1 Å². The Kier molecular flexibility index (Phi) is 5.17. The molecule has 1 nitrogen and oxygen atoms in total. The van der Waals surface area contributed by atoms with E-state index < -0.39 is 0 Å². The van der Waals surface area contributed by atoms with Crippen LogP contribution in [-0.4, -0.2) is 13.1 Å². The summed E-state index contributed by atoms with van der Waals surface area (Å²) in [5.74, 6) is 0.702. The topological polar surface area (TPSA) is 12.0 Å². The highest BCUT2D eigenvalue weighted by atomic mass is 14.8. The van der Waals surface area contributed by atoms with Gasteiger partial charge in [-0.15, -0.1) is 5.73 Å². The first-order chi connectivity index (χ1) is 7.22. The lowest BCUT2D eigenvalue weighted by Gasteiger charge is -2.06. The van der Waals surface area contributed by atoms with Crippen molar-refractivity contribution in [3.63, 3.8) is 0 Å². The summed E-state index contributed by atoms with van der Waals surface area (Å²) in [4.78, 5) is 0. The summed E-state index contributed by atoms with van der Waals surface area (Å²) in [5.41, 5.74) is 5.88. The monoisotopic (exact) mass is 203 g/mol. The maximum absolute atomic E-state index is 3.42. The van der Waals surface area contributed by atoms with E-state index in [0.29, 0.717) is 5.92 Å². The van der Waals surface area contributed by atoms with E-state index in [1.165, 1.54) is 11.1 Å². The zero-order valence-corrected chi connectivity index (χ0v) is 10.0. The van der Waals surface area contributed by atoms with Crippen LogP contribution in [-0.2, 0) is 0 Å². The number of hydrogen-bond acceptors (Lipinski definition) is 1. The smallest absolute Gasteiger partial charge is 0.0278 e. The molecule has 0 atom stereocenters. The van der Waals surface area contributed by atoms with Crippen LogP contribution in [0.3, 0.4) is 0 Å². The first-order valence-corrected chi connectivity index (χ1v) is 5.76. The summed E-state index contributed by atoms with van der Waals surface area (Å²) >= 11 is 0. The van der Waals surface area contributed by atoms with Crippen molar-refractivity contribution in [2.24, 2.45) is 5.92 Å². The molecular weight excluding hydrogens is 182 g/mol. The molecule has 0 aromatic heterocycles. The van der Waals surface area contributed by atoms with Crippen molar-refractivity contribution in [2.75, 3.05) is 13.1 Å². The van der Waals surface area contributed by atoms with Gasteiger partial charge in [0.15, 0.2) is 0 Å². The zero-order valence-electron chi connectivity index (χ0n) is 10.0. The van der Waals surface area contributed by atoms with E-state index in [-0.39, 0.29) is 0 Å². The molecule has 1 rings (SSSR count). The second-order valence-electron chi connectivity index (χ2n) is 4.29. The molecule has 0 fully saturated rings. The number of nitrogens with one attached hydrogen (secondary N) is 1. The Balaban J connectivity index is 2.43. The van der Waals surface area contributed by atoms with Crippen molar-refractivity contribution >= 4 is 0 Å². The summed E-state index contributed by atoms with van der Waals surface area (Å²) in [6, 6.07) is 0. The fraction of sp³-hybridized carbons (Fsp3) is 0.500. The quantitative estimate of drug-likeness (QED) is 0.676. The molecule has 0 bridgehead atoms. The van der Waals surface area contributed by atoms with E-state index in [1.54, 1.807) is 0 Å². The van der Waals surface area contributed by atoms with Crippen molar-refractivity contribution in [3.05, 3.63) is 41.2 Å². The second kappa shape index (κ2) is 6.44. The van der Waals surface area contributed by atoms with Gasteiger partial charge in [-0.1, -0.05) is 32.9 Å². The molecule has 0 saturated heterocycles. The van der Waals surface area contributed by atoms with Gasteiger partial charge in [0.1, 0.15) is 0 Å². The molecule has 15 heavy (non-hydrogen) atoms. The Morgan fingerprint density at radius 3 is 2.80 bits per heavy atom. The van der Waals surface area contributed by atoms with Gasteiger partial charge in [0.25, 0.3) is 0 Å². The van der Waals surface area contributed by atoms with E-state index in [9.17, 15) is 0 Å². The standard InChI is InChI=1S/C14H21N/c1-4-13-6-5-7-14(9-8-13)11-15-10-12(2)3/h5-6,8-9,12,15H,4,10-11H2,1-3H3. The van der Waals surface area contributed by atoms with Crippen LogP contribution in [0.2, 0.25) is 0 Å². The van der Waals surface area contributed by atoms with Gasteiger partial charge in [-0.25, -0.2) is 0 Å². The number of hydrogen-bond donors (Lipinski definition) is 1. The normalized spacial score (nSPS) is 15.2. The first kappa shape index (κ1) is 12.0. The lowest BCUT2D eigenvalue weighted by Crippen LogP contribution is -2.21. The van der Waals surface area contributed by atoms with Crippen LogP contribution in [0.15, 0.2) is 41.2 Å². The minimum Gasteiger partial charge on any atom is -0.312 e. The Hall–Kier alpha value is -1.04. The molecule has 0 radical (unpaired) electrons. The molecular formula is C14H21N. The van der Waals surface area contributed by atoms with E-state index in [2.05, 4.69) is 50.0 Å². The average Bonchev–Trinajstić information content (AvgIpc) is 2.42. The van der Waals surface area contributed by atoms with E-state index in [1.807, 2.05) is 6.08 Å². The highest BCUT2D eigenvalue weighted by molar-refractivity contribution is 5.34. The van der Waals surface area contributed by atoms with Gasteiger partial charge in [0.05, 0.1) is 0 Å². The van der Waals surface area contributed by atoms with Crippen molar-refractivity contribution in [1.29, 1.82) is 0 Å². The number of rotatable bonds is 5. The molecule has 1 aliphatic rings. The van der Waals surface area contributed by atoms with Gasteiger partial charge in [-0.2, -0.15) is 0 Å². The molecule has 0 heterocycles. The van der Waals surface area contributed by atoms with Gasteiger partial charge in [-0.3, -0.25) is 0 Å². The Morgan fingerprint density at radius 2 is 2.13 bits per heavy atom. The second-order valence-corrected chi connectivity index (χ2v) is 4.29. The first-order valence-electron chi connectivity index (χ1n) is 5.76. The molecule has 0 spiro atoms. The van der Waals surface area contributed by atoms with E-state index in [0.717, 1.165) is 19.5 Å². The third-order valence-corrected chi connectivity index (χ3v) is 2.34. The van der Waals surface area contributed by atoms with Crippen LogP contribution in [0.5, 0.6) is 0 Å².